The van der Waals surface area contributed by atoms with Gasteiger partial charge in [0.1, 0.15) is 12.2 Å². The molecule has 19 heteroatoms. The second-order valence-corrected chi connectivity index (χ2v) is 16.5. The second kappa shape index (κ2) is 13.7. The first-order valence-electron chi connectivity index (χ1n) is 15.0. The molecule has 0 bridgehead atoms. The number of ether oxygens (including phenoxy) is 2. The van der Waals surface area contributed by atoms with E-state index in [1.165, 1.54) is 19.9 Å². The molecule has 4 N–H and O–H groups in total. The molecule has 0 aromatic heterocycles. The van der Waals surface area contributed by atoms with E-state index in [9.17, 15) is 37.7 Å². The Bertz CT molecular complexity index is 1440. The van der Waals surface area contributed by atoms with Crippen LogP contribution in [0.2, 0.25) is 0 Å². The molecule has 47 heavy (non-hydrogen) atoms. The summed E-state index contributed by atoms with van der Waals surface area (Å²) < 4.78 is 97.6. The zero-order valence-corrected chi connectivity index (χ0v) is 28.9. The van der Waals surface area contributed by atoms with E-state index >= 15 is 8.78 Å². The van der Waals surface area contributed by atoms with Crippen LogP contribution >= 0.6 is 27.4 Å². The summed E-state index contributed by atoms with van der Waals surface area (Å²) >= 11 is 0.288. The van der Waals surface area contributed by atoms with E-state index < -0.39 is 117 Å². The summed E-state index contributed by atoms with van der Waals surface area (Å²) in [4.78, 5) is 58.7. The van der Waals surface area contributed by atoms with Crippen LogP contribution in [0, 0.1) is 28.6 Å². The minimum Gasteiger partial charge on any atom is -0.449 e. The van der Waals surface area contributed by atoms with Gasteiger partial charge >= 0.3 is 21.6 Å². The molecule has 13 nitrogen and oxygen atoms in total. The summed E-state index contributed by atoms with van der Waals surface area (Å²) in [6.45, 7) is 4.14. The van der Waals surface area contributed by atoms with Crippen molar-refractivity contribution in [3.05, 3.63) is 23.8 Å². The molecule has 0 saturated heterocycles. The predicted molar refractivity (Wildman–Crippen MR) is 161 cm³/mol. The number of fused-ring (bicyclic) bond motifs is 5. The standard InChI is InChI=1S/C28H40F3NO12P2S/c1-5-23(34)43-28(24(35)47-14-29)16(2)10-18-19-12-21(30)20-11-17(33)6-7-25(20,3)27(19,31)22(13-26(18,28)4)40-15-42-46(38,39)44-45(36,37)41-9-8-32/h6-7,11,16,18-19,21-22H,5,8-10,12-15,32H2,1-4H3,(H,36,37)(H,38,39)/t16-,18+,19+,21+,22+,25+,26+,27+,28+/m1/s1. The first-order valence-corrected chi connectivity index (χ1v) is 19.0. The Kier molecular flexibility index (Phi) is 11.2. The first kappa shape index (κ1) is 38.4. The van der Waals surface area contributed by atoms with Gasteiger partial charge in [-0.05, 0) is 61.6 Å². The summed E-state index contributed by atoms with van der Waals surface area (Å²) in [6.07, 6.45) is -1.05. The minimum absolute atomic E-state index is 0.0877. The quantitative estimate of drug-likeness (QED) is 0.135. The van der Waals surface area contributed by atoms with Crippen LogP contribution in [0.4, 0.5) is 13.2 Å². The molecule has 0 spiro atoms. The van der Waals surface area contributed by atoms with Crippen LogP contribution in [0.3, 0.4) is 0 Å². The number of esters is 1. The molecule has 266 valence electrons. The lowest BCUT2D eigenvalue weighted by Crippen LogP contribution is -2.71. The van der Waals surface area contributed by atoms with Crippen LogP contribution in [0.15, 0.2) is 23.8 Å². The fourth-order valence-electron chi connectivity index (χ4n) is 8.29. The monoisotopic (exact) mass is 733 g/mol. The maximum Gasteiger partial charge on any atom is 0.483 e. The number of rotatable bonds is 13. The van der Waals surface area contributed by atoms with Gasteiger partial charge in [0, 0.05) is 35.6 Å². The topological polar surface area (TPSA) is 198 Å². The normalized spacial score (nSPS) is 40.3. The van der Waals surface area contributed by atoms with Gasteiger partial charge in [-0.15, -0.1) is 0 Å². The van der Waals surface area contributed by atoms with E-state index in [0.717, 1.165) is 12.2 Å². The largest absolute Gasteiger partial charge is 0.483 e. The first-order chi connectivity index (χ1) is 21.8. The number of halogens is 3. The van der Waals surface area contributed by atoms with E-state index in [1.807, 2.05) is 0 Å². The highest BCUT2D eigenvalue weighted by Gasteiger charge is 2.78. The lowest BCUT2D eigenvalue weighted by atomic mass is 9.44. The van der Waals surface area contributed by atoms with E-state index in [4.69, 9.17) is 19.7 Å². The number of alkyl halides is 3. The SMILES string of the molecule is CCC(=O)O[C@]1(C(=O)SCF)[C@H](C)C[C@H]2[C@@H]3C[C@H](F)C4=CC(=O)C=C[C@]4(C)[C@@]3(F)[C@@H](OCOP(=O)(O)OP(=O)(O)OCCN)C[C@@]21C. The van der Waals surface area contributed by atoms with E-state index in [0.29, 0.717) is 0 Å². The molecule has 0 aliphatic heterocycles. The Morgan fingerprint density at radius 2 is 1.81 bits per heavy atom. The van der Waals surface area contributed by atoms with Crippen molar-refractivity contribution in [3.63, 3.8) is 0 Å². The van der Waals surface area contributed by atoms with Gasteiger partial charge in [0.05, 0.1) is 12.7 Å². The zero-order chi connectivity index (χ0) is 35.2. The number of allylic oxidation sites excluding steroid dienone is 4. The molecule has 3 saturated carbocycles. The number of ketones is 1. The predicted octanol–water partition coefficient (Wildman–Crippen LogP) is 4.62. The van der Waals surface area contributed by atoms with Gasteiger partial charge < -0.3 is 25.0 Å². The maximum absolute atomic E-state index is 18.3. The Hall–Kier alpha value is -1.39. The third kappa shape index (κ3) is 6.50. The molecule has 0 radical (unpaired) electrons. The highest BCUT2D eigenvalue weighted by molar-refractivity contribution is 8.13. The van der Waals surface area contributed by atoms with Gasteiger partial charge in [0.25, 0.3) is 0 Å². The minimum atomic E-state index is -5.39. The van der Waals surface area contributed by atoms with E-state index in [2.05, 4.69) is 8.83 Å². The lowest BCUT2D eigenvalue weighted by molar-refractivity contribution is -0.248. The highest BCUT2D eigenvalue weighted by atomic mass is 32.2. The Balaban J connectivity index is 1.80. The van der Waals surface area contributed by atoms with Gasteiger partial charge in [-0.3, -0.25) is 23.4 Å². The second-order valence-electron chi connectivity index (χ2n) is 12.6. The highest BCUT2D eigenvalue weighted by Crippen LogP contribution is 2.72. The average Bonchev–Trinajstić information content (AvgIpc) is 3.20. The van der Waals surface area contributed by atoms with Crippen molar-refractivity contribution in [2.45, 2.75) is 76.9 Å². The molecule has 4 rings (SSSR count). The van der Waals surface area contributed by atoms with Crippen LogP contribution in [-0.2, 0) is 46.3 Å². The summed E-state index contributed by atoms with van der Waals surface area (Å²) in [5.41, 5.74) is -2.77. The molecular formula is C28H40F3NO12P2S. The number of carbonyl (C=O) groups is 3. The molecule has 2 unspecified atom stereocenters. The summed E-state index contributed by atoms with van der Waals surface area (Å²) in [6, 6.07) is -1.14. The Labute approximate surface area is 274 Å². The van der Waals surface area contributed by atoms with E-state index in [-0.39, 0.29) is 36.7 Å². The van der Waals surface area contributed by atoms with Crippen LogP contribution in [0.5, 0.6) is 0 Å². The van der Waals surface area contributed by atoms with Gasteiger partial charge in [-0.25, -0.2) is 22.3 Å². The van der Waals surface area contributed by atoms with Crippen molar-refractivity contribution < 1.29 is 69.3 Å². The fraction of sp³-hybridized carbons (Fsp3) is 0.750. The van der Waals surface area contributed by atoms with E-state index in [1.54, 1.807) is 13.8 Å². The molecule has 0 heterocycles. The number of hydrogen-bond acceptors (Lipinski definition) is 12. The molecular weight excluding hydrogens is 693 g/mol. The van der Waals surface area contributed by atoms with Crippen LogP contribution < -0.4 is 5.73 Å². The van der Waals surface area contributed by atoms with Crippen LogP contribution in [0.1, 0.15) is 53.4 Å². The molecule has 11 atom stereocenters. The lowest BCUT2D eigenvalue weighted by Gasteiger charge is -2.63. The van der Waals surface area contributed by atoms with Gasteiger partial charge in [-0.1, -0.05) is 26.8 Å². The van der Waals surface area contributed by atoms with Crippen molar-refractivity contribution in [1.82, 2.24) is 0 Å². The van der Waals surface area contributed by atoms with Gasteiger partial charge in [0.15, 0.2) is 23.8 Å². The van der Waals surface area contributed by atoms with Crippen LogP contribution in [-0.4, -0.2) is 76.2 Å². The Morgan fingerprint density at radius 3 is 2.43 bits per heavy atom. The zero-order valence-electron chi connectivity index (χ0n) is 26.3. The summed E-state index contributed by atoms with van der Waals surface area (Å²) in [5, 5.41) is -0.812. The number of phosphoric ester groups is 2. The number of nitrogens with two attached hydrogens (primary N) is 1. The number of hydrogen-bond donors (Lipinski definition) is 3. The number of phosphoric acid groups is 2. The van der Waals surface area contributed by atoms with Gasteiger partial charge in [-0.2, -0.15) is 4.31 Å². The molecule has 4 aliphatic carbocycles. The molecule has 3 fully saturated rings. The average molecular weight is 734 g/mol. The van der Waals surface area contributed by atoms with Crippen molar-refractivity contribution in [2.24, 2.45) is 34.3 Å². The summed E-state index contributed by atoms with van der Waals surface area (Å²) in [5.74, 6) is -4.17. The third-order valence-corrected chi connectivity index (χ3v) is 13.5. The number of carbonyl (C=O) groups excluding carboxylic acids is 3. The fourth-order valence-corrected chi connectivity index (χ4v) is 11.0. The van der Waals surface area contributed by atoms with Crippen molar-refractivity contribution in [2.75, 3.05) is 26.0 Å². The molecule has 0 aromatic carbocycles. The summed E-state index contributed by atoms with van der Waals surface area (Å²) in [7, 11) is -10.5. The maximum atomic E-state index is 18.3. The van der Waals surface area contributed by atoms with Crippen molar-refractivity contribution >= 4 is 44.3 Å². The molecule has 0 aromatic rings. The smallest absolute Gasteiger partial charge is 0.449 e. The van der Waals surface area contributed by atoms with Crippen molar-refractivity contribution in [3.8, 4) is 0 Å². The molecule has 0 amide bonds. The third-order valence-electron chi connectivity index (χ3n) is 10.3. The van der Waals surface area contributed by atoms with Crippen molar-refractivity contribution in [1.29, 1.82) is 0 Å². The van der Waals surface area contributed by atoms with Crippen LogP contribution in [0.25, 0.3) is 0 Å². The Morgan fingerprint density at radius 1 is 1.15 bits per heavy atom. The van der Waals surface area contributed by atoms with Gasteiger partial charge in [0.2, 0.25) is 5.12 Å². The molecule has 4 aliphatic rings. The number of thioether (sulfide) groups is 1.